The van der Waals surface area contributed by atoms with Crippen LogP contribution in [0.3, 0.4) is 0 Å². The van der Waals surface area contributed by atoms with Gasteiger partial charge in [0.1, 0.15) is 11.3 Å². The predicted octanol–water partition coefficient (Wildman–Crippen LogP) is 5.64. The Labute approximate surface area is 172 Å². The molecular formula is C24H30ClNO2. The van der Waals surface area contributed by atoms with Crippen molar-refractivity contribution in [1.82, 2.24) is 4.98 Å². The van der Waals surface area contributed by atoms with E-state index in [2.05, 4.69) is 26.0 Å². The van der Waals surface area contributed by atoms with Gasteiger partial charge in [0.2, 0.25) is 0 Å². The molecular weight excluding hydrogens is 370 g/mol. The average molecular weight is 400 g/mol. The van der Waals surface area contributed by atoms with Gasteiger partial charge in [-0.3, -0.25) is 4.79 Å². The van der Waals surface area contributed by atoms with Gasteiger partial charge in [0.15, 0.2) is 0 Å². The van der Waals surface area contributed by atoms with Crippen LogP contribution in [0.15, 0.2) is 23.8 Å². The number of esters is 1. The Bertz CT molecular complexity index is 864. The Morgan fingerprint density at radius 2 is 1.93 bits per heavy atom. The minimum absolute atomic E-state index is 0.0734. The maximum Gasteiger partial charge on any atom is 0.302 e. The number of ether oxygens (including phenoxy) is 1. The molecule has 0 radical (unpaired) electrons. The zero-order chi connectivity index (χ0) is 19.7. The summed E-state index contributed by atoms with van der Waals surface area (Å²) in [4.78, 5) is 16.2. The molecule has 0 unspecified atom stereocenters. The highest BCUT2D eigenvalue weighted by Crippen LogP contribution is 2.64. The van der Waals surface area contributed by atoms with Crippen LogP contribution < -0.4 is 0 Å². The van der Waals surface area contributed by atoms with Gasteiger partial charge in [-0.05, 0) is 73.3 Å². The maximum absolute atomic E-state index is 11.4. The normalized spacial score (nSPS) is 41.2. The lowest BCUT2D eigenvalue weighted by atomic mass is 9.48. The van der Waals surface area contributed by atoms with E-state index >= 15 is 0 Å². The van der Waals surface area contributed by atoms with Crippen molar-refractivity contribution >= 4 is 17.6 Å². The summed E-state index contributed by atoms with van der Waals surface area (Å²) in [7, 11) is 0. The van der Waals surface area contributed by atoms with Gasteiger partial charge in [-0.1, -0.05) is 43.2 Å². The van der Waals surface area contributed by atoms with E-state index in [-0.39, 0.29) is 22.9 Å². The zero-order valence-electron chi connectivity index (χ0n) is 17.1. The highest BCUT2D eigenvalue weighted by atomic mass is 35.5. The third kappa shape index (κ3) is 2.61. The van der Waals surface area contributed by atoms with Crippen molar-refractivity contribution in [3.8, 4) is 0 Å². The molecule has 0 aromatic carbocycles. The van der Waals surface area contributed by atoms with Crippen LogP contribution in [0.5, 0.6) is 0 Å². The molecule has 5 rings (SSSR count). The van der Waals surface area contributed by atoms with Crippen LogP contribution in [0.1, 0.15) is 70.6 Å². The summed E-state index contributed by atoms with van der Waals surface area (Å²) in [6.45, 7) is 6.45. The van der Waals surface area contributed by atoms with E-state index in [1.54, 1.807) is 5.57 Å². The van der Waals surface area contributed by atoms with Gasteiger partial charge >= 0.3 is 5.97 Å². The second-order valence-electron chi connectivity index (χ2n) is 10.0. The fourth-order valence-electron chi connectivity index (χ4n) is 7.31. The van der Waals surface area contributed by atoms with Crippen LogP contribution in [0.4, 0.5) is 0 Å². The molecule has 0 amide bonds. The molecule has 0 saturated heterocycles. The Morgan fingerprint density at radius 3 is 2.71 bits per heavy atom. The summed E-state index contributed by atoms with van der Waals surface area (Å²) in [5, 5.41) is 0.629. The van der Waals surface area contributed by atoms with Crippen molar-refractivity contribution in [2.45, 2.75) is 77.2 Å². The maximum atomic E-state index is 11.4. The Hall–Kier alpha value is -1.35. The molecule has 150 valence electrons. The van der Waals surface area contributed by atoms with Gasteiger partial charge in [0, 0.05) is 18.8 Å². The number of allylic oxidation sites excluding steroid dienone is 1. The molecule has 0 spiro atoms. The number of pyridine rings is 1. The minimum atomic E-state index is -0.147. The lowest BCUT2D eigenvalue weighted by Crippen LogP contribution is -2.51. The summed E-state index contributed by atoms with van der Waals surface area (Å²) >= 11 is 6.26. The fraction of sp³-hybridized carbons (Fsp3) is 0.667. The van der Waals surface area contributed by atoms with Crippen molar-refractivity contribution in [3.05, 3.63) is 40.2 Å². The van der Waals surface area contributed by atoms with Crippen LogP contribution in [-0.2, 0) is 21.4 Å². The minimum Gasteiger partial charge on any atom is -0.462 e. The number of hydrogen-bond donors (Lipinski definition) is 0. The standard InChI is InChI=1S/C24H30ClNO2/c1-14(27)28-17-8-10-23(2)16(13-17)5-6-18-19(23)9-11-24(3)20(18)12-15-4-7-21(25)26-22(15)24/h4-5,7,17-20H,6,8-13H2,1-3H3/t17-,18+,19-,20-,23-,24-/m0/s1. The molecule has 2 saturated carbocycles. The molecule has 4 aliphatic rings. The van der Waals surface area contributed by atoms with Crippen LogP contribution in [0.2, 0.25) is 5.15 Å². The quantitative estimate of drug-likeness (QED) is 0.348. The number of carbonyl (C=O) groups is 1. The fourth-order valence-corrected chi connectivity index (χ4v) is 7.46. The van der Waals surface area contributed by atoms with Crippen LogP contribution in [-0.4, -0.2) is 17.1 Å². The second-order valence-corrected chi connectivity index (χ2v) is 10.4. The van der Waals surface area contributed by atoms with Crippen LogP contribution in [0.25, 0.3) is 0 Å². The lowest BCUT2D eigenvalue weighted by molar-refractivity contribution is -0.148. The van der Waals surface area contributed by atoms with E-state index in [1.807, 2.05) is 6.07 Å². The van der Waals surface area contributed by atoms with Gasteiger partial charge in [0.25, 0.3) is 0 Å². The van der Waals surface area contributed by atoms with Gasteiger partial charge in [0.05, 0.1) is 5.69 Å². The number of rotatable bonds is 1. The number of halogens is 1. The Kier molecular flexibility index (Phi) is 4.21. The molecule has 0 N–H and O–H groups in total. The highest BCUT2D eigenvalue weighted by Gasteiger charge is 2.58. The molecule has 6 atom stereocenters. The van der Waals surface area contributed by atoms with E-state index in [4.69, 9.17) is 21.3 Å². The number of nitrogens with zero attached hydrogens (tertiary/aromatic N) is 1. The molecule has 2 fully saturated rings. The first kappa shape index (κ1) is 18.7. The van der Waals surface area contributed by atoms with Crippen molar-refractivity contribution in [1.29, 1.82) is 0 Å². The number of fused-ring (bicyclic) bond motifs is 7. The molecule has 3 nitrogen and oxygen atoms in total. The molecule has 1 aromatic rings. The average Bonchev–Trinajstić information content (AvgIpc) is 2.94. The van der Waals surface area contributed by atoms with Crippen molar-refractivity contribution in [3.63, 3.8) is 0 Å². The lowest BCUT2D eigenvalue weighted by Gasteiger charge is -2.57. The first-order valence-electron chi connectivity index (χ1n) is 10.8. The summed E-state index contributed by atoms with van der Waals surface area (Å²) < 4.78 is 5.56. The van der Waals surface area contributed by atoms with Crippen LogP contribution >= 0.6 is 11.6 Å². The molecule has 28 heavy (non-hydrogen) atoms. The molecule has 4 aliphatic carbocycles. The van der Waals surface area contributed by atoms with Gasteiger partial charge < -0.3 is 4.74 Å². The van der Waals surface area contributed by atoms with Gasteiger partial charge in [-0.15, -0.1) is 0 Å². The number of hydrogen-bond acceptors (Lipinski definition) is 3. The smallest absolute Gasteiger partial charge is 0.302 e. The van der Waals surface area contributed by atoms with Crippen molar-refractivity contribution < 1.29 is 9.53 Å². The topological polar surface area (TPSA) is 39.2 Å². The molecule has 0 bridgehead atoms. The highest BCUT2D eigenvalue weighted by molar-refractivity contribution is 6.29. The third-order valence-electron chi connectivity index (χ3n) is 8.71. The van der Waals surface area contributed by atoms with Crippen LogP contribution in [0, 0.1) is 23.2 Å². The largest absolute Gasteiger partial charge is 0.462 e. The van der Waals surface area contributed by atoms with E-state index < -0.39 is 0 Å². The molecule has 0 aliphatic heterocycles. The summed E-state index contributed by atoms with van der Waals surface area (Å²) in [5.74, 6) is 1.96. The van der Waals surface area contributed by atoms with E-state index in [1.165, 1.54) is 31.0 Å². The second kappa shape index (κ2) is 6.32. The first-order valence-corrected chi connectivity index (χ1v) is 11.2. The Morgan fingerprint density at radius 1 is 1.14 bits per heavy atom. The monoisotopic (exact) mass is 399 g/mol. The van der Waals surface area contributed by atoms with E-state index in [9.17, 15) is 4.79 Å². The SMILES string of the molecule is CC(=O)O[C@H]1CC[C@@]2(C)C(=CC[C@@H]3[C@@H]2CC[C@]2(C)c4nc(Cl)ccc4C[C@@H]32)C1. The van der Waals surface area contributed by atoms with Gasteiger partial charge in [-0.25, -0.2) is 4.98 Å². The third-order valence-corrected chi connectivity index (χ3v) is 8.92. The molecule has 1 heterocycles. The molecule has 1 aromatic heterocycles. The van der Waals surface area contributed by atoms with Gasteiger partial charge in [-0.2, -0.15) is 0 Å². The van der Waals surface area contributed by atoms with Crippen molar-refractivity contribution in [2.24, 2.45) is 23.2 Å². The predicted molar refractivity (Wildman–Crippen MR) is 110 cm³/mol. The Balaban J connectivity index is 1.45. The first-order chi connectivity index (χ1) is 13.3. The zero-order valence-corrected chi connectivity index (χ0v) is 17.9. The summed E-state index contributed by atoms with van der Waals surface area (Å²) in [6.07, 6.45) is 10.4. The number of carbonyl (C=O) groups excluding carboxylic acids is 1. The van der Waals surface area contributed by atoms with Crippen molar-refractivity contribution in [2.75, 3.05) is 0 Å². The molecule has 4 heteroatoms. The summed E-state index contributed by atoms with van der Waals surface area (Å²) in [6, 6.07) is 4.16. The summed E-state index contributed by atoms with van der Waals surface area (Å²) in [5.41, 5.74) is 4.66. The van der Waals surface area contributed by atoms with E-state index in [0.717, 1.165) is 38.0 Å². The van der Waals surface area contributed by atoms with E-state index in [0.29, 0.717) is 17.0 Å². The number of aromatic nitrogens is 1.